The quantitative estimate of drug-likeness (QED) is 0.622. The molecule has 0 aromatic heterocycles. The smallest absolute Gasteiger partial charge is 0.317 e. The first-order chi connectivity index (χ1) is 16.2. The molecule has 1 aliphatic heterocycles. The minimum atomic E-state index is -3.91. The van der Waals surface area contributed by atoms with Gasteiger partial charge in [0.25, 0.3) is 0 Å². The molecule has 0 unspecified atom stereocenters. The van der Waals surface area contributed by atoms with E-state index in [1.807, 2.05) is 44.2 Å². The Morgan fingerprint density at radius 1 is 1.24 bits per heavy atom. The number of ether oxygens (including phenoxy) is 1. The van der Waals surface area contributed by atoms with Crippen LogP contribution in [-0.4, -0.2) is 74.2 Å². The van der Waals surface area contributed by atoms with Crippen LogP contribution in [0.15, 0.2) is 53.4 Å². The molecule has 1 aliphatic rings. The number of aliphatic hydroxyl groups excluding tert-OH is 1. The normalized spacial score (nSPS) is 20.9. The van der Waals surface area contributed by atoms with Crippen LogP contribution in [-0.2, 0) is 10.0 Å². The number of sulfonamides is 1. The van der Waals surface area contributed by atoms with E-state index in [0.717, 1.165) is 17.5 Å². The van der Waals surface area contributed by atoms with Crippen molar-refractivity contribution < 1.29 is 23.1 Å². The van der Waals surface area contributed by atoms with E-state index in [2.05, 4.69) is 5.32 Å². The fourth-order valence-electron chi connectivity index (χ4n) is 3.97. The predicted octanol–water partition coefficient (Wildman–Crippen LogP) is 3.17. The van der Waals surface area contributed by atoms with Crippen molar-refractivity contribution in [2.75, 3.05) is 33.3 Å². The highest BCUT2D eigenvalue weighted by atomic mass is 32.2. The van der Waals surface area contributed by atoms with Crippen molar-refractivity contribution in [1.82, 2.24) is 14.5 Å². The minimum Gasteiger partial charge on any atom is -0.487 e. The van der Waals surface area contributed by atoms with E-state index in [1.165, 1.54) is 4.31 Å². The number of hydrogen-bond donors (Lipinski definition) is 2. The largest absolute Gasteiger partial charge is 0.487 e. The molecule has 0 bridgehead atoms. The molecule has 0 aliphatic carbocycles. The van der Waals surface area contributed by atoms with Crippen LogP contribution in [0.1, 0.15) is 27.2 Å². The number of amides is 2. The van der Waals surface area contributed by atoms with Crippen LogP contribution in [0, 0.1) is 5.92 Å². The summed E-state index contributed by atoms with van der Waals surface area (Å²) in [5, 5.41) is 12.6. The maximum atomic E-state index is 13.6. The van der Waals surface area contributed by atoms with Crippen LogP contribution in [0.25, 0.3) is 11.1 Å². The second-order valence-corrected chi connectivity index (χ2v) is 10.7. The van der Waals surface area contributed by atoms with Crippen molar-refractivity contribution in [2.45, 2.75) is 44.2 Å². The zero-order valence-electron chi connectivity index (χ0n) is 20.3. The molecular formula is C25H35N3O5S. The third-order valence-electron chi connectivity index (χ3n) is 6.10. The number of benzene rings is 2. The number of carbonyl (C=O) groups is 1. The monoisotopic (exact) mass is 489 g/mol. The summed E-state index contributed by atoms with van der Waals surface area (Å²) in [4.78, 5) is 14.1. The zero-order valence-corrected chi connectivity index (χ0v) is 21.1. The van der Waals surface area contributed by atoms with Crippen LogP contribution >= 0.6 is 0 Å². The average Bonchev–Trinajstić information content (AvgIpc) is 2.84. The van der Waals surface area contributed by atoms with Gasteiger partial charge < -0.3 is 20.1 Å². The van der Waals surface area contributed by atoms with Crippen molar-refractivity contribution in [2.24, 2.45) is 5.92 Å². The Balaban J connectivity index is 2.04. The lowest BCUT2D eigenvalue weighted by atomic mass is 10.0. The van der Waals surface area contributed by atoms with E-state index in [4.69, 9.17) is 4.74 Å². The van der Waals surface area contributed by atoms with Gasteiger partial charge in [0.05, 0.1) is 13.2 Å². The molecule has 2 amide bonds. The van der Waals surface area contributed by atoms with Gasteiger partial charge in [-0.05, 0) is 36.6 Å². The van der Waals surface area contributed by atoms with Crippen LogP contribution in [0.5, 0.6) is 5.75 Å². The molecule has 0 fully saturated rings. The predicted molar refractivity (Wildman–Crippen MR) is 132 cm³/mol. The Morgan fingerprint density at radius 3 is 2.59 bits per heavy atom. The van der Waals surface area contributed by atoms with Crippen LogP contribution in [0.4, 0.5) is 4.79 Å². The highest BCUT2D eigenvalue weighted by Gasteiger charge is 2.38. The molecule has 2 aromatic carbocycles. The van der Waals surface area contributed by atoms with E-state index < -0.39 is 22.2 Å². The first kappa shape index (κ1) is 26.0. The second kappa shape index (κ2) is 11.2. The fourth-order valence-corrected chi connectivity index (χ4v) is 5.80. The maximum Gasteiger partial charge on any atom is 0.317 e. The first-order valence-electron chi connectivity index (χ1n) is 11.7. The molecule has 34 heavy (non-hydrogen) atoms. The molecular weight excluding hydrogens is 454 g/mol. The van der Waals surface area contributed by atoms with Gasteiger partial charge in [0.1, 0.15) is 16.7 Å². The Kier molecular flexibility index (Phi) is 8.57. The van der Waals surface area contributed by atoms with Crippen molar-refractivity contribution >= 4 is 16.1 Å². The van der Waals surface area contributed by atoms with Crippen LogP contribution < -0.4 is 10.1 Å². The minimum absolute atomic E-state index is 0.0578. The summed E-state index contributed by atoms with van der Waals surface area (Å²) >= 11 is 0. The Hall–Kier alpha value is -2.62. The molecule has 9 heteroatoms. The standard InChI is InChI=1S/C25H35N3O5S/c1-5-13-26-25(30)27(4)16-23-18(2)15-28(19(3)17-29)34(31,32)24-12-11-21(14-22(24)33-23)20-9-7-6-8-10-20/h6-12,14,18-19,23,29H,5,13,15-17H2,1-4H3,(H,26,30)/t18-,19-,23-/m0/s1. The van der Waals surface area contributed by atoms with Gasteiger partial charge in [0, 0.05) is 32.1 Å². The summed E-state index contributed by atoms with van der Waals surface area (Å²) in [5.74, 6) is 0.00846. The fraction of sp³-hybridized carbons (Fsp3) is 0.480. The third kappa shape index (κ3) is 5.71. The van der Waals surface area contributed by atoms with Crippen LogP contribution in [0.2, 0.25) is 0 Å². The van der Waals surface area contributed by atoms with E-state index in [1.54, 1.807) is 37.1 Å². The number of carbonyl (C=O) groups excluding carboxylic acids is 1. The summed E-state index contributed by atoms with van der Waals surface area (Å²) in [5.41, 5.74) is 1.77. The topological polar surface area (TPSA) is 99.2 Å². The third-order valence-corrected chi connectivity index (χ3v) is 8.12. The highest BCUT2D eigenvalue weighted by Crippen LogP contribution is 2.36. The lowest BCUT2D eigenvalue weighted by Crippen LogP contribution is -2.51. The van der Waals surface area contributed by atoms with Crippen LogP contribution in [0.3, 0.4) is 0 Å². The average molecular weight is 490 g/mol. The summed E-state index contributed by atoms with van der Waals surface area (Å²) in [6.45, 7) is 6.30. The van der Waals surface area contributed by atoms with Crippen molar-refractivity contribution in [3.05, 3.63) is 48.5 Å². The van der Waals surface area contributed by atoms with Gasteiger partial charge in [-0.25, -0.2) is 13.2 Å². The first-order valence-corrected chi connectivity index (χ1v) is 13.1. The SMILES string of the molecule is CCCNC(=O)N(C)C[C@@H]1Oc2cc(-c3ccccc3)ccc2S(=O)(=O)N([C@@H](C)CO)C[C@@H]1C. The number of nitrogens with zero attached hydrogens (tertiary/aromatic N) is 2. The number of rotatable bonds is 7. The van der Waals surface area contributed by atoms with Gasteiger partial charge >= 0.3 is 6.03 Å². The Morgan fingerprint density at radius 2 is 1.94 bits per heavy atom. The molecule has 186 valence electrons. The number of hydrogen-bond acceptors (Lipinski definition) is 5. The number of nitrogens with one attached hydrogen (secondary N) is 1. The number of urea groups is 1. The van der Waals surface area contributed by atoms with E-state index in [0.29, 0.717) is 6.54 Å². The van der Waals surface area contributed by atoms with E-state index in [9.17, 15) is 18.3 Å². The summed E-state index contributed by atoms with van der Waals surface area (Å²) in [6.07, 6.45) is 0.378. The lowest BCUT2D eigenvalue weighted by Gasteiger charge is -2.37. The lowest BCUT2D eigenvalue weighted by molar-refractivity contribution is 0.0813. The Bertz CT molecular complexity index is 1080. The number of fused-ring (bicyclic) bond motifs is 1. The van der Waals surface area contributed by atoms with Crippen molar-refractivity contribution in [3.63, 3.8) is 0 Å². The molecule has 1 heterocycles. The van der Waals surface area contributed by atoms with E-state index in [-0.39, 0.29) is 42.3 Å². The molecule has 0 radical (unpaired) electrons. The van der Waals surface area contributed by atoms with E-state index >= 15 is 0 Å². The van der Waals surface area contributed by atoms with Crippen molar-refractivity contribution in [1.29, 1.82) is 0 Å². The second-order valence-electron chi connectivity index (χ2n) is 8.88. The molecule has 3 rings (SSSR count). The summed E-state index contributed by atoms with van der Waals surface area (Å²) < 4.78 is 34.9. The molecule has 3 atom stereocenters. The molecule has 0 saturated heterocycles. The molecule has 8 nitrogen and oxygen atoms in total. The number of likely N-dealkylation sites (N-methyl/N-ethyl adjacent to an activating group) is 1. The molecule has 2 aromatic rings. The van der Waals surface area contributed by atoms with Gasteiger partial charge in [-0.2, -0.15) is 4.31 Å². The number of aliphatic hydroxyl groups is 1. The summed E-state index contributed by atoms with van der Waals surface area (Å²) in [6, 6.07) is 13.9. The van der Waals surface area contributed by atoms with Gasteiger partial charge in [-0.3, -0.25) is 0 Å². The zero-order chi connectivity index (χ0) is 24.9. The maximum absolute atomic E-state index is 13.6. The highest BCUT2D eigenvalue weighted by molar-refractivity contribution is 7.89. The van der Waals surface area contributed by atoms with Gasteiger partial charge in [0.15, 0.2) is 0 Å². The van der Waals surface area contributed by atoms with Gasteiger partial charge in [-0.15, -0.1) is 0 Å². The summed E-state index contributed by atoms with van der Waals surface area (Å²) in [7, 11) is -2.21. The molecule has 2 N–H and O–H groups in total. The van der Waals surface area contributed by atoms with Crippen molar-refractivity contribution in [3.8, 4) is 16.9 Å². The van der Waals surface area contributed by atoms with Gasteiger partial charge in [0.2, 0.25) is 10.0 Å². The molecule has 0 saturated carbocycles. The Labute approximate surface area is 202 Å². The van der Waals surface area contributed by atoms with Gasteiger partial charge in [-0.1, -0.05) is 50.2 Å². The molecule has 0 spiro atoms.